The van der Waals surface area contributed by atoms with Crippen LogP contribution in [0.2, 0.25) is 0 Å². The number of aryl methyl sites for hydroxylation is 2. The number of pyridine rings is 3. The van der Waals surface area contributed by atoms with E-state index in [1.807, 2.05) is 5.32 Å². The molecule has 0 unspecified atom stereocenters. The lowest BCUT2D eigenvalue weighted by Crippen LogP contribution is -2.43. The minimum absolute atomic E-state index is 0.0533. The van der Waals surface area contributed by atoms with Crippen LogP contribution in [-0.4, -0.2) is 20.9 Å². The quantitative estimate of drug-likeness (QED) is 0.681. The smallest absolute Gasteiger partial charge is 0.342 e. The van der Waals surface area contributed by atoms with Gasteiger partial charge in [0.2, 0.25) is 0 Å². The van der Waals surface area contributed by atoms with Crippen LogP contribution < -0.4 is 10.9 Å². The summed E-state index contributed by atoms with van der Waals surface area (Å²) in [7, 11) is 0. The molecule has 154 valence electrons. The van der Waals surface area contributed by atoms with Crippen molar-refractivity contribution in [3.63, 3.8) is 0 Å². The Bertz CT molecular complexity index is 1260. The minimum Gasteiger partial charge on any atom is -0.342 e. The molecule has 0 spiro atoms. The number of fused-ring (bicyclic) bond motifs is 1. The van der Waals surface area contributed by atoms with Crippen LogP contribution in [-0.2, 0) is 10.7 Å². The number of amides is 1. The maximum Gasteiger partial charge on any atom is 0.355 e. The Hall–Kier alpha value is -3.74. The molecule has 3 heterocycles. The number of hydrogen-bond donors (Lipinski definition) is 2. The van der Waals surface area contributed by atoms with Gasteiger partial charge in [-0.25, -0.2) is 4.39 Å². The van der Waals surface area contributed by atoms with E-state index in [1.54, 1.807) is 13.0 Å². The predicted octanol–water partition coefficient (Wildman–Crippen LogP) is 2.91. The largest absolute Gasteiger partial charge is 0.355 e. The molecule has 1 amide bonds. The summed E-state index contributed by atoms with van der Waals surface area (Å²) in [6.45, 7) is 4.17. The Labute approximate surface area is 168 Å². The summed E-state index contributed by atoms with van der Waals surface area (Å²) in [5, 5.41) is 11.1. The molecular formula is C20H16F3N5O2. The van der Waals surface area contributed by atoms with E-state index < -0.39 is 34.8 Å². The normalized spacial score (nSPS) is 12.4. The second-order valence-electron chi connectivity index (χ2n) is 6.75. The third-order valence-corrected chi connectivity index (χ3v) is 4.72. The fraction of sp³-hybridized carbons (Fsp3) is 0.250. The number of hydrogen-bond acceptors (Lipinski definition) is 5. The summed E-state index contributed by atoms with van der Waals surface area (Å²) < 4.78 is 44.1. The predicted molar refractivity (Wildman–Crippen MR) is 101 cm³/mol. The Morgan fingerprint density at radius 2 is 2.03 bits per heavy atom. The van der Waals surface area contributed by atoms with Gasteiger partial charge in [-0.1, -0.05) is 0 Å². The van der Waals surface area contributed by atoms with Crippen LogP contribution in [0.15, 0.2) is 29.3 Å². The molecule has 7 nitrogen and oxygen atoms in total. The summed E-state index contributed by atoms with van der Waals surface area (Å²) in [6, 6.07) is 2.82. The average molecular weight is 415 g/mol. The molecule has 3 aromatic heterocycles. The third kappa shape index (κ3) is 3.50. The molecule has 0 aliphatic rings. The molecule has 0 fully saturated rings. The zero-order chi connectivity index (χ0) is 22.2. The first-order chi connectivity index (χ1) is 14.1. The number of nitriles is 1. The van der Waals surface area contributed by atoms with Gasteiger partial charge in [0.15, 0.2) is 0 Å². The Balaban J connectivity index is 1.99. The molecule has 2 N–H and O–H groups in total. The monoisotopic (exact) mass is 415 g/mol. The molecule has 0 saturated heterocycles. The number of nitrogens with one attached hydrogen (secondary N) is 2. The maximum atomic E-state index is 15.0. The highest BCUT2D eigenvalue weighted by atomic mass is 19.3. The van der Waals surface area contributed by atoms with Crippen molar-refractivity contribution in [1.82, 2.24) is 20.3 Å². The molecule has 0 aliphatic carbocycles. The number of aromatic nitrogens is 3. The van der Waals surface area contributed by atoms with E-state index in [0.29, 0.717) is 16.6 Å². The number of rotatable bonds is 4. The van der Waals surface area contributed by atoms with E-state index in [2.05, 4.69) is 15.0 Å². The minimum atomic E-state index is -4.20. The number of nitrogens with zero attached hydrogens (tertiary/aromatic N) is 3. The van der Waals surface area contributed by atoms with Crippen LogP contribution in [0.1, 0.15) is 41.0 Å². The molecule has 1 atom stereocenters. The van der Waals surface area contributed by atoms with E-state index in [-0.39, 0.29) is 16.8 Å². The summed E-state index contributed by atoms with van der Waals surface area (Å²) in [6.07, 6.45) is 2.49. The van der Waals surface area contributed by atoms with Crippen molar-refractivity contribution >= 4 is 16.8 Å². The Morgan fingerprint density at radius 1 is 1.33 bits per heavy atom. The van der Waals surface area contributed by atoms with Gasteiger partial charge in [-0.05, 0) is 38.5 Å². The van der Waals surface area contributed by atoms with Crippen LogP contribution in [0.5, 0.6) is 0 Å². The lowest BCUT2D eigenvalue weighted by Gasteiger charge is -2.21. The molecule has 3 aromatic rings. The van der Waals surface area contributed by atoms with Crippen molar-refractivity contribution in [3.8, 4) is 6.07 Å². The van der Waals surface area contributed by atoms with Crippen LogP contribution in [0.3, 0.4) is 0 Å². The van der Waals surface area contributed by atoms with Gasteiger partial charge in [0.25, 0.3) is 11.5 Å². The first kappa shape index (κ1) is 21.0. The van der Waals surface area contributed by atoms with Crippen LogP contribution in [0, 0.1) is 31.0 Å². The fourth-order valence-corrected chi connectivity index (χ4v) is 3.30. The van der Waals surface area contributed by atoms with Gasteiger partial charge in [-0.3, -0.25) is 19.6 Å². The summed E-state index contributed by atoms with van der Waals surface area (Å²) >= 11 is 0. The number of carbonyl (C=O) groups is 1. The number of halogens is 3. The van der Waals surface area contributed by atoms with Crippen molar-refractivity contribution in [1.29, 1.82) is 5.26 Å². The standard InChI is InChI=1S/C20H16F3N5O2/c1-9-15-10(2)25-5-4-14(15)28-18(29)16(9)20(22,23)19(30)27-11(3)17-13(21)6-12(7-24)8-26-17/h4-6,8,11H,1-3H3,(H,27,30)(H,28,29)/t11-/m1/s1. The van der Waals surface area contributed by atoms with Gasteiger partial charge in [0.1, 0.15) is 11.9 Å². The molecule has 0 radical (unpaired) electrons. The second kappa shape index (κ2) is 7.59. The van der Waals surface area contributed by atoms with Crippen LogP contribution >= 0.6 is 0 Å². The molecule has 0 aliphatic heterocycles. The SMILES string of the molecule is Cc1nccc2[nH]c(=O)c(C(F)(F)C(=O)N[C@H](C)c3ncc(C#N)cc3F)c(C)c12. The Morgan fingerprint density at radius 3 is 2.67 bits per heavy atom. The highest BCUT2D eigenvalue weighted by molar-refractivity contribution is 5.90. The summed E-state index contributed by atoms with van der Waals surface area (Å²) in [4.78, 5) is 34.8. The molecule has 0 aromatic carbocycles. The third-order valence-electron chi connectivity index (χ3n) is 4.72. The highest BCUT2D eigenvalue weighted by Gasteiger charge is 2.45. The number of carbonyl (C=O) groups excluding carboxylic acids is 1. The Kier molecular flexibility index (Phi) is 5.31. The van der Waals surface area contributed by atoms with Gasteiger partial charge in [0, 0.05) is 23.5 Å². The maximum absolute atomic E-state index is 15.0. The number of alkyl halides is 2. The van der Waals surface area contributed by atoms with Gasteiger partial charge >= 0.3 is 5.92 Å². The van der Waals surface area contributed by atoms with E-state index >= 15 is 8.78 Å². The van der Waals surface area contributed by atoms with Crippen molar-refractivity contribution < 1.29 is 18.0 Å². The second-order valence-corrected chi connectivity index (χ2v) is 6.75. The fourth-order valence-electron chi connectivity index (χ4n) is 3.30. The van der Waals surface area contributed by atoms with Crippen LogP contribution in [0.4, 0.5) is 13.2 Å². The number of aromatic amines is 1. The summed E-state index contributed by atoms with van der Waals surface area (Å²) in [5.74, 6) is -6.91. The summed E-state index contributed by atoms with van der Waals surface area (Å²) in [5.41, 5.74) is -1.83. The highest BCUT2D eigenvalue weighted by Crippen LogP contribution is 2.32. The molecule has 3 rings (SSSR count). The first-order valence-electron chi connectivity index (χ1n) is 8.81. The molecular weight excluding hydrogens is 399 g/mol. The zero-order valence-electron chi connectivity index (χ0n) is 16.2. The van der Waals surface area contributed by atoms with Gasteiger partial charge < -0.3 is 10.3 Å². The molecule has 10 heteroatoms. The first-order valence-corrected chi connectivity index (χ1v) is 8.81. The molecule has 0 saturated carbocycles. The van der Waals surface area contributed by atoms with E-state index in [0.717, 1.165) is 12.3 Å². The van der Waals surface area contributed by atoms with Crippen LogP contribution in [0.25, 0.3) is 10.9 Å². The number of H-pyrrole nitrogens is 1. The van der Waals surface area contributed by atoms with Crippen molar-refractivity contribution in [2.75, 3.05) is 0 Å². The average Bonchev–Trinajstić information content (AvgIpc) is 2.67. The lowest BCUT2D eigenvalue weighted by molar-refractivity contribution is -0.148. The molecule has 30 heavy (non-hydrogen) atoms. The van der Waals surface area contributed by atoms with E-state index in [4.69, 9.17) is 5.26 Å². The lowest BCUT2D eigenvalue weighted by atomic mass is 9.98. The topological polar surface area (TPSA) is 112 Å². The van der Waals surface area contributed by atoms with Crippen molar-refractivity contribution in [3.05, 3.63) is 68.8 Å². The van der Waals surface area contributed by atoms with E-state index in [1.165, 1.54) is 26.1 Å². The van der Waals surface area contributed by atoms with Gasteiger partial charge in [0.05, 0.1) is 28.4 Å². The zero-order valence-corrected chi connectivity index (χ0v) is 16.2. The van der Waals surface area contributed by atoms with Crippen molar-refractivity contribution in [2.24, 2.45) is 0 Å². The van der Waals surface area contributed by atoms with Gasteiger partial charge in [-0.2, -0.15) is 14.0 Å². The molecule has 0 bridgehead atoms. The van der Waals surface area contributed by atoms with E-state index in [9.17, 15) is 14.0 Å². The van der Waals surface area contributed by atoms with Crippen molar-refractivity contribution in [2.45, 2.75) is 32.7 Å². The van der Waals surface area contributed by atoms with Gasteiger partial charge in [-0.15, -0.1) is 0 Å².